The molecule has 0 aliphatic heterocycles. The summed E-state index contributed by atoms with van der Waals surface area (Å²) >= 11 is 6.11. The summed E-state index contributed by atoms with van der Waals surface area (Å²) in [5.74, 6) is 2.24. The maximum Gasteiger partial charge on any atom is 0.137 e. The van der Waals surface area contributed by atoms with Crippen molar-refractivity contribution in [2.24, 2.45) is 5.92 Å². The first-order valence-corrected chi connectivity index (χ1v) is 7.43. The quantitative estimate of drug-likeness (QED) is 0.834. The van der Waals surface area contributed by atoms with Crippen molar-refractivity contribution in [1.82, 2.24) is 9.97 Å². The van der Waals surface area contributed by atoms with E-state index in [-0.39, 0.29) is 6.10 Å². The SMILES string of the molecule is CCc1nc(Cl)c(C)c(NCC2CCC(O)CC2)n1. The summed E-state index contributed by atoms with van der Waals surface area (Å²) in [7, 11) is 0. The van der Waals surface area contributed by atoms with Gasteiger partial charge in [0, 0.05) is 18.5 Å². The summed E-state index contributed by atoms with van der Waals surface area (Å²) in [5.41, 5.74) is 0.912. The fraction of sp³-hybridized carbons (Fsp3) is 0.714. The van der Waals surface area contributed by atoms with Gasteiger partial charge in [0.2, 0.25) is 0 Å². The van der Waals surface area contributed by atoms with Gasteiger partial charge in [-0.25, -0.2) is 9.97 Å². The van der Waals surface area contributed by atoms with E-state index in [0.717, 1.165) is 55.9 Å². The first-order valence-electron chi connectivity index (χ1n) is 7.05. The summed E-state index contributed by atoms with van der Waals surface area (Å²) < 4.78 is 0. The van der Waals surface area contributed by atoms with E-state index in [1.165, 1.54) is 0 Å². The van der Waals surface area contributed by atoms with Gasteiger partial charge in [-0.05, 0) is 38.5 Å². The minimum Gasteiger partial charge on any atom is -0.393 e. The molecule has 19 heavy (non-hydrogen) atoms. The second-order valence-electron chi connectivity index (χ2n) is 5.31. The molecule has 1 aliphatic rings. The summed E-state index contributed by atoms with van der Waals surface area (Å²) in [6, 6.07) is 0. The third kappa shape index (κ3) is 3.80. The minimum atomic E-state index is -0.0989. The molecule has 1 heterocycles. The van der Waals surface area contributed by atoms with Gasteiger partial charge in [-0.3, -0.25) is 0 Å². The van der Waals surface area contributed by atoms with Gasteiger partial charge in [0.1, 0.15) is 16.8 Å². The second-order valence-corrected chi connectivity index (χ2v) is 5.67. The van der Waals surface area contributed by atoms with Crippen LogP contribution >= 0.6 is 11.6 Å². The number of aliphatic hydroxyl groups excluding tert-OH is 1. The van der Waals surface area contributed by atoms with Crippen molar-refractivity contribution >= 4 is 17.4 Å². The number of aliphatic hydroxyl groups is 1. The predicted octanol–water partition coefficient (Wildman–Crippen LogP) is 2.96. The zero-order valence-electron chi connectivity index (χ0n) is 11.6. The van der Waals surface area contributed by atoms with Crippen LogP contribution in [-0.4, -0.2) is 27.7 Å². The molecule has 0 aromatic carbocycles. The van der Waals surface area contributed by atoms with Gasteiger partial charge in [0.05, 0.1) is 6.10 Å². The molecule has 4 nitrogen and oxygen atoms in total. The molecule has 2 N–H and O–H groups in total. The molecule has 0 saturated heterocycles. The number of hydrogen-bond acceptors (Lipinski definition) is 4. The van der Waals surface area contributed by atoms with Crippen LogP contribution in [0.4, 0.5) is 5.82 Å². The van der Waals surface area contributed by atoms with E-state index in [4.69, 9.17) is 11.6 Å². The maximum atomic E-state index is 9.50. The maximum absolute atomic E-state index is 9.50. The summed E-state index contributed by atoms with van der Waals surface area (Å²) in [4.78, 5) is 8.73. The van der Waals surface area contributed by atoms with E-state index in [2.05, 4.69) is 15.3 Å². The Morgan fingerprint density at radius 1 is 1.26 bits per heavy atom. The topological polar surface area (TPSA) is 58.0 Å². The van der Waals surface area contributed by atoms with Gasteiger partial charge in [-0.15, -0.1) is 0 Å². The van der Waals surface area contributed by atoms with Gasteiger partial charge in [0.25, 0.3) is 0 Å². The van der Waals surface area contributed by atoms with E-state index in [9.17, 15) is 5.11 Å². The number of rotatable bonds is 4. The summed E-state index contributed by atoms with van der Waals surface area (Å²) in [6.45, 7) is 4.85. The average molecular weight is 284 g/mol. The van der Waals surface area contributed by atoms with Gasteiger partial charge in [0.15, 0.2) is 0 Å². The number of anilines is 1. The third-order valence-electron chi connectivity index (χ3n) is 3.82. The lowest BCUT2D eigenvalue weighted by atomic mass is 9.87. The van der Waals surface area contributed by atoms with E-state index in [0.29, 0.717) is 11.1 Å². The van der Waals surface area contributed by atoms with Gasteiger partial charge < -0.3 is 10.4 Å². The highest BCUT2D eigenvalue weighted by Crippen LogP contribution is 2.26. The fourth-order valence-electron chi connectivity index (χ4n) is 2.45. The van der Waals surface area contributed by atoms with Crippen LogP contribution in [0.1, 0.15) is 44.0 Å². The van der Waals surface area contributed by atoms with Crippen molar-refractivity contribution in [3.63, 3.8) is 0 Å². The number of nitrogens with one attached hydrogen (secondary N) is 1. The van der Waals surface area contributed by atoms with Crippen molar-refractivity contribution in [2.75, 3.05) is 11.9 Å². The Balaban J connectivity index is 1.97. The predicted molar refractivity (Wildman–Crippen MR) is 77.6 cm³/mol. The smallest absolute Gasteiger partial charge is 0.137 e. The molecule has 1 aromatic rings. The number of nitrogens with zero attached hydrogens (tertiary/aromatic N) is 2. The van der Waals surface area contributed by atoms with Gasteiger partial charge in [-0.1, -0.05) is 18.5 Å². The minimum absolute atomic E-state index is 0.0989. The molecular weight excluding hydrogens is 262 g/mol. The molecule has 0 atom stereocenters. The van der Waals surface area contributed by atoms with Gasteiger partial charge in [-0.2, -0.15) is 0 Å². The Morgan fingerprint density at radius 3 is 2.58 bits per heavy atom. The molecular formula is C14H22ClN3O. The number of halogens is 1. The van der Waals surface area contributed by atoms with E-state index < -0.39 is 0 Å². The normalized spacial score (nSPS) is 23.4. The van der Waals surface area contributed by atoms with Crippen molar-refractivity contribution < 1.29 is 5.11 Å². The molecule has 0 spiro atoms. The molecule has 5 heteroatoms. The number of hydrogen-bond donors (Lipinski definition) is 2. The van der Waals surface area contributed by atoms with Crippen LogP contribution in [0.15, 0.2) is 0 Å². The number of aryl methyl sites for hydroxylation is 1. The van der Waals surface area contributed by atoms with Crippen LogP contribution in [0.5, 0.6) is 0 Å². The van der Waals surface area contributed by atoms with Crippen molar-refractivity contribution in [1.29, 1.82) is 0 Å². The first-order chi connectivity index (χ1) is 9.10. The van der Waals surface area contributed by atoms with Crippen LogP contribution in [0.2, 0.25) is 5.15 Å². The van der Waals surface area contributed by atoms with Crippen LogP contribution in [0, 0.1) is 12.8 Å². The van der Waals surface area contributed by atoms with Gasteiger partial charge >= 0.3 is 0 Å². The van der Waals surface area contributed by atoms with Crippen LogP contribution in [0.3, 0.4) is 0 Å². The zero-order valence-corrected chi connectivity index (χ0v) is 12.4. The molecule has 1 aromatic heterocycles. The highest BCUT2D eigenvalue weighted by Gasteiger charge is 2.19. The number of aromatic nitrogens is 2. The zero-order chi connectivity index (χ0) is 13.8. The second kappa shape index (κ2) is 6.53. The Bertz CT molecular complexity index is 431. The van der Waals surface area contributed by atoms with Crippen LogP contribution < -0.4 is 5.32 Å². The highest BCUT2D eigenvalue weighted by molar-refractivity contribution is 6.30. The first kappa shape index (κ1) is 14.5. The molecule has 1 saturated carbocycles. The van der Waals surface area contributed by atoms with Crippen molar-refractivity contribution in [3.05, 3.63) is 16.5 Å². The molecule has 0 amide bonds. The summed E-state index contributed by atoms with van der Waals surface area (Å²) in [5, 5.41) is 13.4. The van der Waals surface area contributed by atoms with Crippen LogP contribution in [-0.2, 0) is 6.42 Å². The molecule has 0 bridgehead atoms. The molecule has 0 unspecified atom stereocenters. The molecule has 1 fully saturated rings. The molecule has 106 valence electrons. The largest absolute Gasteiger partial charge is 0.393 e. The lowest BCUT2D eigenvalue weighted by molar-refractivity contribution is 0.111. The van der Waals surface area contributed by atoms with Crippen LogP contribution in [0.25, 0.3) is 0 Å². The van der Waals surface area contributed by atoms with Crippen molar-refractivity contribution in [3.8, 4) is 0 Å². The van der Waals surface area contributed by atoms with E-state index in [1.807, 2.05) is 13.8 Å². The Kier molecular flexibility index (Phi) is 4.99. The lowest BCUT2D eigenvalue weighted by Crippen LogP contribution is -2.24. The molecule has 0 radical (unpaired) electrons. The monoisotopic (exact) mass is 283 g/mol. The van der Waals surface area contributed by atoms with E-state index >= 15 is 0 Å². The Hall–Kier alpha value is -0.870. The molecule has 2 rings (SSSR count). The summed E-state index contributed by atoms with van der Waals surface area (Å²) in [6.07, 6.45) is 4.66. The standard InChI is InChI=1S/C14H22ClN3O/c1-3-12-17-13(15)9(2)14(18-12)16-8-10-4-6-11(19)7-5-10/h10-11,19H,3-8H2,1-2H3,(H,16,17,18). The van der Waals surface area contributed by atoms with Crippen molar-refractivity contribution in [2.45, 2.75) is 52.1 Å². The Morgan fingerprint density at radius 2 is 1.95 bits per heavy atom. The molecule has 1 aliphatic carbocycles. The average Bonchev–Trinajstić information content (AvgIpc) is 2.42. The lowest BCUT2D eigenvalue weighted by Gasteiger charge is -2.26. The third-order valence-corrected chi connectivity index (χ3v) is 4.19. The Labute approximate surface area is 119 Å². The van der Waals surface area contributed by atoms with E-state index in [1.54, 1.807) is 0 Å². The fourth-order valence-corrected chi connectivity index (χ4v) is 2.64. The highest BCUT2D eigenvalue weighted by atomic mass is 35.5.